The van der Waals surface area contributed by atoms with Crippen molar-refractivity contribution in [2.45, 2.75) is 6.54 Å². The van der Waals surface area contributed by atoms with E-state index in [4.69, 9.17) is 0 Å². The Balaban J connectivity index is 1.58. The lowest BCUT2D eigenvalue weighted by molar-refractivity contribution is 0.262. The van der Waals surface area contributed by atoms with Crippen molar-refractivity contribution in [3.63, 3.8) is 0 Å². The number of pyridine rings is 1. The average molecular weight is 309 g/mol. The maximum atomic E-state index is 11.9. The molecule has 3 rings (SSSR count). The minimum Gasteiger partial charge on any atom is -0.508 e. The summed E-state index contributed by atoms with van der Waals surface area (Å²) in [4.78, 5) is 16.1. The molecule has 2 amide bonds. The highest BCUT2D eigenvalue weighted by atomic mass is 16.3. The van der Waals surface area contributed by atoms with Crippen LogP contribution in [0.2, 0.25) is 0 Å². The van der Waals surface area contributed by atoms with Crippen molar-refractivity contribution >= 4 is 17.4 Å². The van der Waals surface area contributed by atoms with Crippen LogP contribution in [0.5, 0.6) is 5.75 Å². The van der Waals surface area contributed by atoms with Crippen molar-refractivity contribution in [1.82, 2.24) is 14.8 Å². The van der Waals surface area contributed by atoms with Crippen LogP contribution in [0, 0.1) is 0 Å². The van der Waals surface area contributed by atoms with Gasteiger partial charge in [-0.15, -0.1) is 0 Å². The topological polar surface area (TPSA) is 92.1 Å². The molecule has 116 valence electrons. The first-order chi connectivity index (χ1) is 11.2. The molecule has 1 aromatic carbocycles. The summed E-state index contributed by atoms with van der Waals surface area (Å²) < 4.78 is 1.69. The summed E-state index contributed by atoms with van der Waals surface area (Å²) in [6, 6.07) is 11.5. The van der Waals surface area contributed by atoms with Gasteiger partial charge in [-0.1, -0.05) is 6.07 Å². The minimum atomic E-state index is -0.381. The van der Waals surface area contributed by atoms with Crippen molar-refractivity contribution in [3.8, 4) is 5.75 Å². The third-order valence-corrected chi connectivity index (χ3v) is 3.07. The highest BCUT2D eigenvalue weighted by Gasteiger charge is 2.05. The average Bonchev–Trinajstić information content (AvgIpc) is 2.97. The molecule has 7 heteroatoms. The van der Waals surface area contributed by atoms with E-state index in [2.05, 4.69) is 20.7 Å². The maximum absolute atomic E-state index is 11.9. The van der Waals surface area contributed by atoms with Crippen molar-refractivity contribution in [1.29, 1.82) is 0 Å². The Kier molecular flexibility index (Phi) is 4.19. The van der Waals surface area contributed by atoms with Crippen LogP contribution >= 0.6 is 0 Å². The molecule has 2 aromatic heterocycles. The number of nitrogens with one attached hydrogen (secondary N) is 2. The van der Waals surface area contributed by atoms with Gasteiger partial charge in [-0.2, -0.15) is 5.10 Å². The number of nitrogens with zero attached hydrogens (tertiary/aromatic N) is 3. The number of phenolic OH excluding ortho intramolecular Hbond substituents is 1. The Morgan fingerprint density at radius 1 is 1.09 bits per heavy atom. The zero-order valence-corrected chi connectivity index (χ0v) is 12.2. The van der Waals surface area contributed by atoms with Crippen molar-refractivity contribution < 1.29 is 9.90 Å². The minimum absolute atomic E-state index is 0.145. The van der Waals surface area contributed by atoms with Crippen LogP contribution in [0.25, 0.3) is 0 Å². The summed E-state index contributed by atoms with van der Waals surface area (Å²) in [5, 5.41) is 18.8. The van der Waals surface area contributed by atoms with E-state index in [9.17, 15) is 9.90 Å². The van der Waals surface area contributed by atoms with Crippen LogP contribution in [0.15, 0.2) is 61.1 Å². The Bertz CT molecular complexity index is 784. The van der Waals surface area contributed by atoms with E-state index in [1.807, 2.05) is 18.2 Å². The van der Waals surface area contributed by atoms with Gasteiger partial charge >= 0.3 is 6.03 Å². The van der Waals surface area contributed by atoms with Crippen molar-refractivity contribution in [2.24, 2.45) is 0 Å². The van der Waals surface area contributed by atoms with Gasteiger partial charge in [0.05, 0.1) is 24.1 Å². The molecule has 0 aliphatic carbocycles. The molecule has 0 saturated heterocycles. The van der Waals surface area contributed by atoms with Crippen LogP contribution in [-0.2, 0) is 6.54 Å². The van der Waals surface area contributed by atoms with Gasteiger partial charge in [-0.25, -0.2) is 4.79 Å². The molecule has 0 atom stereocenters. The number of aromatic nitrogens is 3. The number of carbonyl (C=O) groups excluding carboxylic acids is 1. The number of urea groups is 1. The van der Waals surface area contributed by atoms with Gasteiger partial charge in [-0.05, 0) is 36.4 Å². The van der Waals surface area contributed by atoms with Crippen LogP contribution in [0.1, 0.15) is 5.69 Å². The predicted octanol–water partition coefficient (Wildman–Crippen LogP) is 2.68. The molecular formula is C16H15N5O2. The Morgan fingerprint density at radius 3 is 2.61 bits per heavy atom. The van der Waals surface area contributed by atoms with Gasteiger partial charge in [0.25, 0.3) is 0 Å². The number of rotatable bonds is 4. The van der Waals surface area contributed by atoms with E-state index in [0.29, 0.717) is 17.9 Å². The van der Waals surface area contributed by atoms with Crippen molar-refractivity contribution in [2.75, 3.05) is 10.6 Å². The van der Waals surface area contributed by atoms with Gasteiger partial charge in [-0.3, -0.25) is 9.67 Å². The lowest BCUT2D eigenvalue weighted by atomic mass is 10.3. The predicted molar refractivity (Wildman–Crippen MR) is 86.3 cm³/mol. The zero-order valence-electron chi connectivity index (χ0n) is 12.2. The van der Waals surface area contributed by atoms with E-state index >= 15 is 0 Å². The molecule has 3 N–H and O–H groups in total. The number of carbonyl (C=O) groups is 1. The number of hydrogen-bond donors (Lipinski definition) is 3. The maximum Gasteiger partial charge on any atom is 0.323 e. The summed E-state index contributed by atoms with van der Waals surface area (Å²) in [7, 11) is 0. The summed E-state index contributed by atoms with van der Waals surface area (Å²) in [6.45, 7) is 0.530. The molecule has 0 spiro atoms. The second-order valence-electron chi connectivity index (χ2n) is 4.87. The molecule has 2 heterocycles. The third kappa shape index (κ3) is 4.07. The molecular weight excluding hydrogens is 294 g/mol. The molecule has 7 nitrogen and oxygen atoms in total. The second kappa shape index (κ2) is 6.61. The normalized spacial score (nSPS) is 10.3. The number of benzene rings is 1. The molecule has 0 bridgehead atoms. The van der Waals surface area contributed by atoms with Crippen LogP contribution < -0.4 is 10.6 Å². The molecule has 0 fully saturated rings. The SMILES string of the molecule is O=C(Nc1ccc(O)cc1)Nc1cnn(Cc2ccccn2)c1. The summed E-state index contributed by atoms with van der Waals surface area (Å²) >= 11 is 0. The van der Waals surface area contributed by atoms with Gasteiger partial charge < -0.3 is 15.7 Å². The summed E-state index contributed by atoms with van der Waals surface area (Å²) in [6.07, 6.45) is 5.02. The van der Waals surface area contributed by atoms with Gasteiger partial charge in [0.15, 0.2) is 0 Å². The van der Waals surface area contributed by atoms with Gasteiger partial charge in [0.1, 0.15) is 5.75 Å². The molecule has 0 radical (unpaired) electrons. The van der Waals surface area contributed by atoms with E-state index < -0.39 is 0 Å². The van der Waals surface area contributed by atoms with Crippen LogP contribution in [-0.4, -0.2) is 25.9 Å². The molecule has 0 saturated carbocycles. The lowest BCUT2D eigenvalue weighted by Gasteiger charge is -2.05. The van der Waals surface area contributed by atoms with E-state index in [1.54, 1.807) is 35.4 Å². The smallest absolute Gasteiger partial charge is 0.323 e. The highest BCUT2D eigenvalue weighted by molar-refractivity contribution is 5.99. The third-order valence-electron chi connectivity index (χ3n) is 3.07. The second-order valence-corrected chi connectivity index (χ2v) is 4.87. The quantitative estimate of drug-likeness (QED) is 0.646. The lowest BCUT2D eigenvalue weighted by Crippen LogP contribution is -2.19. The van der Waals surface area contributed by atoms with E-state index in [0.717, 1.165) is 5.69 Å². The Labute approximate surface area is 132 Å². The monoisotopic (exact) mass is 309 g/mol. The van der Waals surface area contributed by atoms with Crippen LogP contribution in [0.4, 0.5) is 16.2 Å². The molecule has 0 aliphatic rings. The fourth-order valence-corrected chi connectivity index (χ4v) is 2.01. The number of amides is 2. The Hall–Kier alpha value is -3.35. The van der Waals surface area contributed by atoms with Gasteiger partial charge in [0, 0.05) is 18.1 Å². The number of aromatic hydroxyl groups is 1. The Morgan fingerprint density at radius 2 is 1.87 bits per heavy atom. The summed E-state index contributed by atoms with van der Waals surface area (Å²) in [5.74, 6) is 0.145. The first-order valence-corrected chi connectivity index (χ1v) is 6.98. The molecule has 0 aliphatic heterocycles. The van der Waals surface area contributed by atoms with E-state index in [-0.39, 0.29) is 11.8 Å². The molecule has 23 heavy (non-hydrogen) atoms. The first-order valence-electron chi connectivity index (χ1n) is 6.98. The number of hydrogen-bond acceptors (Lipinski definition) is 4. The molecule has 0 unspecified atom stereocenters. The van der Waals surface area contributed by atoms with Crippen LogP contribution in [0.3, 0.4) is 0 Å². The largest absolute Gasteiger partial charge is 0.508 e. The van der Waals surface area contributed by atoms with E-state index in [1.165, 1.54) is 12.1 Å². The highest BCUT2D eigenvalue weighted by Crippen LogP contribution is 2.14. The fourth-order valence-electron chi connectivity index (χ4n) is 2.01. The number of phenols is 1. The summed E-state index contributed by atoms with van der Waals surface area (Å²) in [5.41, 5.74) is 2.05. The standard InChI is InChI=1S/C16H15N5O2/c22-15-6-4-12(5-7-15)19-16(23)20-14-9-18-21(11-14)10-13-3-1-2-8-17-13/h1-9,11,22H,10H2,(H2,19,20,23). The number of anilines is 2. The zero-order chi connectivity index (χ0) is 16.1. The first kappa shape index (κ1) is 14.6. The molecule has 3 aromatic rings. The fraction of sp³-hybridized carbons (Fsp3) is 0.0625. The van der Waals surface area contributed by atoms with Gasteiger partial charge in [0.2, 0.25) is 0 Å². The van der Waals surface area contributed by atoms with Crippen molar-refractivity contribution in [3.05, 3.63) is 66.7 Å².